The van der Waals surface area contributed by atoms with Gasteiger partial charge in [0.25, 0.3) is 0 Å². The molecular formula is C12H22O. The Morgan fingerprint density at radius 3 is 2.38 bits per heavy atom. The fourth-order valence-electron chi connectivity index (χ4n) is 1.36. The van der Waals surface area contributed by atoms with Gasteiger partial charge in [-0.15, -0.1) is 5.73 Å². The summed E-state index contributed by atoms with van der Waals surface area (Å²) in [6.45, 7) is 7.57. The molecule has 0 aliphatic carbocycles. The van der Waals surface area contributed by atoms with E-state index in [1.54, 1.807) is 6.92 Å². The van der Waals surface area contributed by atoms with Crippen LogP contribution >= 0.6 is 0 Å². The van der Waals surface area contributed by atoms with Crippen molar-refractivity contribution in [2.24, 2.45) is 0 Å². The Balaban J connectivity index is 3.46. The number of aliphatic hydroxyl groups is 1. The van der Waals surface area contributed by atoms with E-state index in [9.17, 15) is 5.11 Å². The highest BCUT2D eigenvalue weighted by Crippen LogP contribution is 2.12. The predicted octanol–water partition coefficient (Wildman–Crippen LogP) is 3.44. The molecule has 0 radical (unpaired) electrons. The maximum Gasteiger partial charge on any atom is 0.0795 e. The fourth-order valence-corrected chi connectivity index (χ4v) is 1.36. The molecule has 1 heteroatoms. The minimum Gasteiger partial charge on any atom is -0.388 e. The van der Waals surface area contributed by atoms with Gasteiger partial charge in [-0.25, -0.2) is 0 Å². The minimum atomic E-state index is -0.372. The lowest BCUT2D eigenvalue weighted by Gasteiger charge is -2.07. The van der Waals surface area contributed by atoms with E-state index in [4.69, 9.17) is 0 Å². The molecule has 0 amide bonds. The smallest absolute Gasteiger partial charge is 0.0795 e. The van der Waals surface area contributed by atoms with E-state index in [2.05, 4.69) is 19.2 Å². The van der Waals surface area contributed by atoms with Crippen LogP contribution in [0.25, 0.3) is 0 Å². The quantitative estimate of drug-likeness (QED) is 0.472. The lowest BCUT2D eigenvalue weighted by atomic mass is 10.0. The van der Waals surface area contributed by atoms with Crippen LogP contribution in [0.2, 0.25) is 0 Å². The largest absolute Gasteiger partial charge is 0.388 e. The van der Waals surface area contributed by atoms with Crippen molar-refractivity contribution in [3.8, 4) is 0 Å². The first-order valence-electron chi connectivity index (χ1n) is 5.29. The van der Waals surface area contributed by atoms with Crippen LogP contribution in [0.3, 0.4) is 0 Å². The number of aliphatic hydroxyl groups excluding tert-OH is 1. The molecule has 0 aliphatic rings. The topological polar surface area (TPSA) is 20.2 Å². The molecule has 0 bridgehead atoms. The second kappa shape index (κ2) is 8.10. The van der Waals surface area contributed by atoms with Crippen molar-refractivity contribution < 1.29 is 5.11 Å². The third kappa shape index (κ3) is 6.62. The summed E-state index contributed by atoms with van der Waals surface area (Å²) in [5.74, 6) is 0. The molecule has 13 heavy (non-hydrogen) atoms. The predicted molar refractivity (Wildman–Crippen MR) is 57.7 cm³/mol. The molecular weight excluding hydrogens is 160 g/mol. The van der Waals surface area contributed by atoms with E-state index >= 15 is 0 Å². The molecule has 1 unspecified atom stereocenters. The van der Waals surface area contributed by atoms with Gasteiger partial charge in [-0.05, 0) is 25.3 Å². The van der Waals surface area contributed by atoms with Crippen molar-refractivity contribution in [3.63, 3.8) is 0 Å². The van der Waals surface area contributed by atoms with Gasteiger partial charge < -0.3 is 5.11 Å². The highest BCUT2D eigenvalue weighted by molar-refractivity contribution is 5.03. The summed E-state index contributed by atoms with van der Waals surface area (Å²) < 4.78 is 0. The number of hydrogen-bond donors (Lipinski definition) is 1. The third-order valence-electron chi connectivity index (χ3n) is 2.28. The maximum atomic E-state index is 9.28. The van der Waals surface area contributed by atoms with Gasteiger partial charge in [0.15, 0.2) is 0 Å². The second-order valence-electron chi connectivity index (χ2n) is 3.54. The molecule has 0 aliphatic heterocycles. The van der Waals surface area contributed by atoms with Crippen LogP contribution in [-0.4, -0.2) is 11.2 Å². The summed E-state index contributed by atoms with van der Waals surface area (Å²) >= 11 is 0. The second-order valence-corrected chi connectivity index (χ2v) is 3.54. The normalized spacial score (nSPS) is 12.2. The van der Waals surface area contributed by atoms with Crippen molar-refractivity contribution in [3.05, 3.63) is 17.9 Å². The molecule has 1 atom stereocenters. The average Bonchev–Trinajstić information content (AvgIpc) is 2.10. The van der Waals surface area contributed by atoms with E-state index in [1.165, 1.54) is 25.7 Å². The Hall–Kier alpha value is -0.520. The van der Waals surface area contributed by atoms with Gasteiger partial charge in [-0.1, -0.05) is 39.2 Å². The first kappa shape index (κ1) is 12.5. The monoisotopic (exact) mass is 182 g/mol. The van der Waals surface area contributed by atoms with Gasteiger partial charge in [0.05, 0.1) is 6.10 Å². The molecule has 0 aromatic rings. The van der Waals surface area contributed by atoms with Crippen molar-refractivity contribution >= 4 is 0 Å². The van der Waals surface area contributed by atoms with Gasteiger partial charge >= 0.3 is 0 Å². The molecule has 0 fully saturated rings. The first-order valence-corrected chi connectivity index (χ1v) is 5.29. The Bertz CT molecular complexity index is 164. The van der Waals surface area contributed by atoms with Gasteiger partial charge in [0, 0.05) is 0 Å². The van der Waals surface area contributed by atoms with Crippen LogP contribution in [0.15, 0.2) is 17.9 Å². The Kier molecular flexibility index (Phi) is 7.77. The van der Waals surface area contributed by atoms with Gasteiger partial charge in [0.2, 0.25) is 0 Å². The van der Waals surface area contributed by atoms with Crippen LogP contribution in [-0.2, 0) is 0 Å². The summed E-state index contributed by atoms with van der Waals surface area (Å²) in [4.78, 5) is 0. The van der Waals surface area contributed by atoms with Crippen LogP contribution < -0.4 is 0 Å². The lowest BCUT2D eigenvalue weighted by Crippen LogP contribution is -2.03. The van der Waals surface area contributed by atoms with E-state index in [0.29, 0.717) is 0 Å². The lowest BCUT2D eigenvalue weighted by molar-refractivity contribution is 0.226. The summed E-state index contributed by atoms with van der Waals surface area (Å²) in [7, 11) is 0. The highest BCUT2D eigenvalue weighted by Gasteiger charge is 2.02. The van der Waals surface area contributed by atoms with Crippen molar-refractivity contribution in [2.75, 3.05) is 0 Å². The van der Waals surface area contributed by atoms with Crippen molar-refractivity contribution in [1.82, 2.24) is 0 Å². The molecule has 0 saturated carbocycles. The number of unbranched alkanes of at least 4 members (excludes halogenated alkanes) is 4. The zero-order chi connectivity index (χ0) is 10.1. The van der Waals surface area contributed by atoms with E-state index in [-0.39, 0.29) is 6.10 Å². The molecule has 1 N–H and O–H groups in total. The highest BCUT2D eigenvalue weighted by atomic mass is 16.3. The van der Waals surface area contributed by atoms with E-state index in [0.717, 1.165) is 18.4 Å². The molecule has 0 spiro atoms. The van der Waals surface area contributed by atoms with Gasteiger partial charge in [-0.3, -0.25) is 0 Å². The summed E-state index contributed by atoms with van der Waals surface area (Å²) in [6.07, 6.45) is 6.89. The van der Waals surface area contributed by atoms with E-state index in [1.807, 2.05) is 0 Å². The zero-order valence-electron chi connectivity index (χ0n) is 8.97. The van der Waals surface area contributed by atoms with Crippen LogP contribution in [0.5, 0.6) is 0 Å². The van der Waals surface area contributed by atoms with E-state index < -0.39 is 0 Å². The molecule has 0 saturated heterocycles. The number of hydrogen-bond acceptors (Lipinski definition) is 1. The SMILES string of the molecule is C=C=C(CCCCCCC)C(C)O. The standard InChI is InChI=1S/C12H22O/c1-4-6-7-8-9-10-12(5-2)11(3)13/h11,13H,2,4,6-10H2,1,3H3. The minimum absolute atomic E-state index is 0.372. The maximum absolute atomic E-state index is 9.28. The van der Waals surface area contributed by atoms with Crippen LogP contribution in [0.4, 0.5) is 0 Å². The van der Waals surface area contributed by atoms with Gasteiger partial charge in [0.1, 0.15) is 0 Å². The molecule has 0 heterocycles. The molecule has 1 nitrogen and oxygen atoms in total. The summed E-state index contributed by atoms with van der Waals surface area (Å²) in [5.41, 5.74) is 3.76. The summed E-state index contributed by atoms with van der Waals surface area (Å²) in [5, 5.41) is 9.28. The average molecular weight is 182 g/mol. The fraction of sp³-hybridized carbons (Fsp3) is 0.750. The molecule has 0 rings (SSSR count). The molecule has 76 valence electrons. The Morgan fingerprint density at radius 1 is 1.31 bits per heavy atom. The van der Waals surface area contributed by atoms with Crippen LogP contribution in [0, 0.1) is 0 Å². The third-order valence-corrected chi connectivity index (χ3v) is 2.28. The number of rotatable bonds is 7. The molecule has 0 aromatic heterocycles. The Morgan fingerprint density at radius 2 is 1.92 bits per heavy atom. The van der Waals surface area contributed by atoms with Gasteiger partial charge in [-0.2, -0.15) is 0 Å². The first-order chi connectivity index (χ1) is 6.22. The zero-order valence-corrected chi connectivity index (χ0v) is 8.97. The Labute approximate surface area is 82.2 Å². The summed E-state index contributed by atoms with van der Waals surface area (Å²) in [6, 6.07) is 0. The van der Waals surface area contributed by atoms with Crippen LogP contribution in [0.1, 0.15) is 52.4 Å². The molecule has 0 aromatic carbocycles. The van der Waals surface area contributed by atoms with Crippen molar-refractivity contribution in [1.29, 1.82) is 0 Å². The van der Waals surface area contributed by atoms with Crippen molar-refractivity contribution in [2.45, 2.75) is 58.5 Å².